The van der Waals surface area contributed by atoms with Crippen LogP contribution in [-0.4, -0.2) is 5.84 Å². The third-order valence-corrected chi connectivity index (χ3v) is 4.92. The van der Waals surface area contributed by atoms with Gasteiger partial charge in [-0.15, -0.1) is 0 Å². The van der Waals surface area contributed by atoms with Gasteiger partial charge in [-0.1, -0.05) is 97.1 Å². The lowest BCUT2D eigenvalue weighted by Gasteiger charge is -2.27. The minimum absolute atomic E-state index is 0.00716. The lowest BCUT2D eigenvalue weighted by Crippen LogP contribution is -2.22. The van der Waals surface area contributed by atoms with Gasteiger partial charge in [-0.25, -0.2) is 0 Å². The van der Waals surface area contributed by atoms with Crippen LogP contribution in [0.1, 0.15) is 22.7 Å². The summed E-state index contributed by atoms with van der Waals surface area (Å²) in [6.07, 6.45) is 0. The zero-order chi connectivity index (χ0) is 17.3. The molecule has 0 bridgehead atoms. The van der Waals surface area contributed by atoms with Crippen LogP contribution < -0.4 is 5.32 Å². The Morgan fingerprint density at radius 1 is 0.654 bits per heavy atom. The van der Waals surface area contributed by atoms with Crippen LogP contribution in [0.4, 0.5) is 5.69 Å². The summed E-state index contributed by atoms with van der Waals surface area (Å²) in [6, 6.07) is 33.7. The van der Waals surface area contributed by atoms with Crippen molar-refractivity contribution in [2.45, 2.75) is 6.04 Å². The van der Waals surface area contributed by atoms with Gasteiger partial charge in [0, 0.05) is 16.5 Å². The number of rotatable bonds is 2. The molecule has 0 spiro atoms. The van der Waals surface area contributed by atoms with E-state index in [2.05, 4.69) is 90.2 Å². The first-order valence-electron chi connectivity index (χ1n) is 8.87. The van der Waals surface area contributed by atoms with E-state index in [9.17, 15) is 0 Å². The van der Waals surface area contributed by atoms with Crippen molar-refractivity contribution in [3.8, 4) is 0 Å². The van der Waals surface area contributed by atoms with Crippen molar-refractivity contribution in [3.63, 3.8) is 0 Å². The van der Waals surface area contributed by atoms with Gasteiger partial charge in [0.2, 0.25) is 0 Å². The number of aliphatic imine (C=N–C) groups is 1. The van der Waals surface area contributed by atoms with E-state index in [1.54, 1.807) is 0 Å². The third-order valence-electron chi connectivity index (χ3n) is 4.92. The van der Waals surface area contributed by atoms with Crippen LogP contribution in [0, 0.1) is 0 Å². The van der Waals surface area contributed by atoms with Crippen molar-refractivity contribution in [2.75, 3.05) is 5.32 Å². The van der Waals surface area contributed by atoms with Gasteiger partial charge in [-0.3, -0.25) is 4.99 Å². The van der Waals surface area contributed by atoms with Crippen molar-refractivity contribution < 1.29 is 0 Å². The molecule has 2 nitrogen and oxygen atoms in total. The maximum Gasteiger partial charge on any atom is 0.133 e. The topological polar surface area (TPSA) is 24.4 Å². The molecule has 0 saturated carbocycles. The fourth-order valence-corrected chi connectivity index (χ4v) is 3.64. The van der Waals surface area contributed by atoms with Crippen LogP contribution >= 0.6 is 0 Å². The van der Waals surface area contributed by atoms with Crippen LogP contribution in [0.15, 0.2) is 102 Å². The maximum absolute atomic E-state index is 5.08. The van der Waals surface area contributed by atoms with Crippen molar-refractivity contribution in [3.05, 3.63) is 114 Å². The van der Waals surface area contributed by atoms with E-state index in [1.807, 2.05) is 12.1 Å². The highest BCUT2D eigenvalue weighted by Crippen LogP contribution is 2.39. The number of hydrogen-bond acceptors (Lipinski definition) is 2. The SMILES string of the molecule is c1ccc(C2=NC(c3ccccc3)c3ccc4ccccc4c3N2)cc1. The summed E-state index contributed by atoms with van der Waals surface area (Å²) in [6.45, 7) is 0. The number of fused-ring (bicyclic) bond motifs is 3. The highest BCUT2D eigenvalue weighted by atomic mass is 15.0. The Hall–Kier alpha value is -3.39. The lowest BCUT2D eigenvalue weighted by molar-refractivity contribution is 0.865. The third kappa shape index (κ3) is 2.47. The average Bonchev–Trinajstić information content (AvgIpc) is 2.74. The van der Waals surface area contributed by atoms with Crippen LogP contribution in [0.25, 0.3) is 10.8 Å². The molecule has 0 aromatic heterocycles. The van der Waals surface area contributed by atoms with Gasteiger partial charge >= 0.3 is 0 Å². The number of nitrogens with zero attached hydrogens (tertiary/aromatic N) is 1. The molecule has 26 heavy (non-hydrogen) atoms. The van der Waals surface area contributed by atoms with Gasteiger partial charge in [0.05, 0.1) is 5.69 Å². The zero-order valence-corrected chi connectivity index (χ0v) is 14.3. The Balaban J connectivity index is 1.75. The summed E-state index contributed by atoms with van der Waals surface area (Å²) >= 11 is 0. The fraction of sp³-hybridized carbons (Fsp3) is 0.0417. The molecule has 4 aromatic rings. The minimum atomic E-state index is -0.00716. The number of anilines is 1. The molecule has 0 amide bonds. The first kappa shape index (κ1) is 14.9. The lowest BCUT2D eigenvalue weighted by atomic mass is 9.92. The zero-order valence-electron chi connectivity index (χ0n) is 14.3. The Morgan fingerprint density at radius 3 is 2.15 bits per heavy atom. The number of nitrogens with one attached hydrogen (secondary N) is 1. The molecule has 1 aliphatic heterocycles. The standard InChI is InChI=1S/C24H18N2/c1-3-10-18(11-4-1)22-21-16-15-17-9-7-8-14-20(17)23(21)26-24(25-22)19-12-5-2-6-13-19/h1-16,22H,(H,25,26). The second-order valence-electron chi connectivity index (χ2n) is 6.53. The largest absolute Gasteiger partial charge is 0.339 e. The molecule has 1 N–H and O–H groups in total. The van der Waals surface area contributed by atoms with Crippen LogP contribution in [0.5, 0.6) is 0 Å². The molecule has 0 aliphatic carbocycles. The maximum atomic E-state index is 5.08. The quantitative estimate of drug-likeness (QED) is 0.492. The molecule has 4 aromatic carbocycles. The highest BCUT2D eigenvalue weighted by molar-refractivity contribution is 6.14. The molecule has 5 rings (SSSR count). The molecular weight excluding hydrogens is 316 g/mol. The second kappa shape index (κ2) is 6.16. The minimum Gasteiger partial charge on any atom is -0.339 e. The summed E-state index contributed by atoms with van der Waals surface area (Å²) in [4.78, 5) is 5.08. The molecular formula is C24H18N2. The molecule has 0 radical (unpaired) electrons. The summed E-state index contributed by atoms with van der Waals surface area (Å²) in [5, 5.41) is 6.07. The molecule has 1 atom stereocenters. The average molecular weight is 334 g/mol. The van der Waals surface area contributed by atoms with E-state index in [-0.39, 0.29) is 6.04 Å². The summed E-state index contributed by atoms with van der Waals surface area (Å²) < 4.78 is 0. The predicted octanol–water partition coefficient (Wildman–Crippen LogP) is 5.80. The first-order valence-corrected chi connectivity index (χ1v) is 8.87. The molecule has 1 unspecified atom stereocenters. The normalized spacial score (nSPS) is 15.8. The molecule has 124 valence electrons. The van der Waals surface area contributed by atoms with Crippen LogP contribution in [-0.2, 0) is 0 Å². The highest BCUT2D eigenvalue weighted by Gasteiger charge is 2.24. The van der Waals surface area contributed by atoms with E-state index in [0.717, 1.165) is 17.1 Å². The monoisotopic (exact) mass is 334 g/mol. The van der Waals surface area contributed by atoms with Gasteiger partial charge in [0.15, 0.2) is 0 Å². The molecule has 1 heterocycles. The van der Waals surface area contributed by atoms with E-state index >= 15 is 0 Å². The fourth-order valence-electron chi connectivity index (χ4n) is 3.64. The Morgan fingerprint density at radius 2 is 1.35 bits per heavy atom. The molecule has 2 heteroatoms. The number of benzene rings is 4. The van der Waals surface area contributed by atoms with Crippen LogP contribution in [0.3, 0.4) is 0 Å². The summed E-state index contributed by atoms with van der Waals surface area (Å²) in [5.74, 6) is 0.920. The van der Waals surface area contributed by atoms with Crippen molar-refractivity contribution >= 4 is 22.3 Å². The summed E-state index contributed by atoms with van der Waals surface area (Å²) in [5.41, 5.74) is 4.69. The smallest absolute Gasteiger partial charge is 0.133 e. The summed E-state index contributed by atoms with van der Waals surface area (Å²) in [7, 11) is 0. The Kier molecular flexibility index (Phi) is 3.53. The van der Waals surface area contributed by atoms with Crippen molar-refractivity contribution in [1.29, 1.82) is 0 Å². The second-order valence-corrected chi connectivity index (χ2v) is 6.53. The Bertz CT molecular complexity index is 1100. The van der Waals surface area contributed by atoms with Crippen LogP contribution in [0.2, 0.25) is 0 Å². The van der Waals surface area contributed by atoms with Gasteiger partial charge in [0.1, 0.15) is 11.9 Å². The van der Waals surface area contributed by atoms with E-state index in [0.29, 0.717) is 0 Å². The van der Waals surface area contributed by atoms with Gasteiger partial charge in [0.25, 0.3) is 0 Å². The van der Waals surface area contributed by atoms with E-state index in [1.165, 1.54) is 21.9 Å². The van der Waals surface area contributed by atoms with Gasteiger partial charge < -0.3 is 5.32 Å². The molecule has 0 saturated heterocycles. The van der Waals surface area contributed by atoms with Crippen molar-refractivity contribution in [1.82, 2.24) is 0 Å². The first-order chi connectivity index (χ1) is 12.9. The number of amidine groups is 1. The van der Waals surface area contributed by atoms with E-state index < -0.39 is 0 Å². The Labute approximate surface area is 152 Å². The number of hydrogen-bond donors (Lipinski definition) is 1. The van der Waals surface area contributed by atoms with Gasteiger partial charge in [-0.05, 0) is 10.9 Å². The van der Waals surface area contributed by atoms with Crippen molar-refractivity contribution in [2.24, 2.45) is 4.99 Å². The predicted molar refractivity (Wildman–Crippen MR) is 109 cm³/mol. The molecule has 1 aliphatic rings. The molecule has 0 fully saturated rings. The van der Waals surface area contributed by atoms with E-state index in [4.69, 9.17) is 4.99 Å². The van der Waals surface area contributed by atoms with Gasteiger partial charge in [-0.2, -0.15) is 0 Å².